The van der Waals surface area contributed by atoms with Gasteiger partial charge in [0.25, 0.3) is 0 Å². The first-order valence-electron chi connectivity index (χ1n) is 4.86. The molecule has 0 saturated heterocycles. The van der Waals surface area contributed by atoms with Crippen LogP contribution in [0.2, 0.25) is 0 Å². The second-order valence-electron chi connectivity index (χ2n) is 3.26. The predicted molar refractivity (Wildman–Crippen MR) is 62.4 cm³/mol. The Labute approximate surface area is 93.5 Å². The smallest absolute Gasteiger partial charge is 0.0705 e. The second kappa shape index (κ2) is 6.17. The monoisotopic (exact) mass is 257 g/mol. The van der Waals surface area contributed by atoms with Crippen molar-refractivity contribution < 1.29 is 5.11 Å². The number of hydrogen-bond donors (Lipinski definition) is 2. The van der Waals surface area contributed by atoms with Crippen LogP contribution < -0.4 is 5.32 Å². The van der Waals surface area contributed by atoms with E-state index < -0.39 is 0 Å². The van der Waals surface area contributed by atoms with Crippen LogP contribution in [0.15, 0.2) is 28.7 Å². The summed E-state index contributed by atoms with van der Waals surface area (Å²) in [5.41, 5.74) is 1.15. The first-order valence-corrected chi connectivity index (χ1v) is 5.65. The van der Waals surface area contributed by atoms with E-state index in [4.69, 9.17) is 0 Å². The van der Waals surface area contributed by atoms with Crippen LogP contribution in [0.3, 0.4) is 0 Å². The highest BCUT2D eigenvalue weighted by Gasteiger charge is 2.06. The lowest BCUT2D eigenvalue weighted by Crippen LogP contribution is -2.28. The van der Waals surface area contributed by atoms with E-state index in [1.165, 1.54) is 0 Å². The fourth-order valence-corrected chi connectivity index (χ4v) is 1.75. The lowest BCUT2D eigenvalue weighted by molar-refractivity contribution is 0.172. The topological polar surface area (TPSA) is 32.3 Å². The molecule has 0 spiro atoms. The fraction of sp³-hybridized carbons (Fsp3) is 0.455. The average Bonchev–Trinajstić information content (AvgIpc) is 2.18. The normalized spacial score (nSPS) is 12.8. The van der Waals surface area contributed by atoms with E-state index >= 15 is 0 Å². The summed E-state index contributed by atoms with van der Waals surface area (Å²) in [5.74, 6) is 0. The van der Waals surface area contributed by atoms with Crippen LogP contribution >= 0.6 is 15.9 Å². The first kappa shape index (κ1) is 11.7. The fourth-order valence-electron chi connectivity index (χ4n) is 1.30. The molecule has 0 aromatic heterocycles. The maximum atomic E-state index is 9.67. The molecule has 1 rings (SSSR count). The van der Waals surface area contributed by atoms with Gasteiger partial charge in [0.15, 0.2) is 0 Å². The molecule has 1 aromatic rings. The largest absolute Gasteiger partial charge is 0.391 e. The highest BCUT2D eigenvalue weighted by atomic mass is 79.9. The van der Waals surface area contributed by atoms with E-state index in [-0.39, 0.29) is 6.10 Å². The van der Waals surface area contributed by atoms with Crippen molar-refractivity contribution in [1.29, 1.82) is 0 Å². The molecular weight excluding hydrogens is 242 g/mol. The van der Waals surface area contributed by atoms with E-state index in [0.717, 1.165) is 16.6 Å². The van der Waals surface area contributed by atoms with Crippen LogP contribution in [0.25, 0.3) is 0 Å². The van der Waals surface area contributed by atoms with Crippen LogP contribution in [0.1, 0.15) is 12.5 Å². The van der Waals surface area contributed by atoms with Crippen molar-refractivity contribution in [2.75, 3.05) is 13.1 Å². The Bertz CT molecular complexity index is 278. The Balaban J connectivity index is 2.47. The summed E-state index contributed by atoms with van der Waals surface area (Å²) >= 11 is 3.46. The summed E-state index contributed by atoms with van der Waals surface area (Å²) in [4.78, 5) is 0. The summed E-state index contributed by atoms with van der Waals surface area (Å²) in [6.45, 7) is 3.58. The van der Waals surface area contributed by atoms with Gasteiger partial charge < -0.3 is 10.4 Å². The van der Waals surface area contributed by atoms with Gasteiger partial charge in [-0.15, -0.1) is 0 Å². The molecule has 0 saturated carbocycles. The summed E-state index contributed by atoms with van der Waals surface area (Å²) in [7, 11) is 0. The molecule has 1 unspecified atom stereocenters. The summed E-state index contributed by atoms with van der Waals surface area (Å²) in [6.07, 6.45) is 0.377. The molecule has 0 bridgehead atoms. The van der Waals surface area contributed by atoms with Gasteiger partial charge in [0.2, 0.25) is 0 Å². The number of aliphatic hydroxyl groups excluding tert-OH is 1. The van der Waals surface area contributed by atoms with E-state index in [1.54, 1.807) is 0 Å². The average molecular weight is 258 g/mol. The summed E-state index contributed by atoms with van der Waals surface area (Å²) < 4.78 is 1.07. The molecule has 0 fully saturated rings. The summed E-state index contributed by atoms with van der Waals surface area (Å²) in [6, 6.07) is 7.98. The standard InChI is InChI=1S/C11H16BrNO/c1-2-13-8-10(14)7-9-5-3-4-6-11(9)12/h3-6,10,13-14H,2,7-8H2,1H3. The molecule has 0 radical (unpaired) electrons. The SMILES string of the molecule is CCNCC(O)Cc1ccccc1Br. The zero-order chi connectivity index (χ0) is 10.4. The van der Waals surface area contributed by atoms with Gasteiger partial charge in [0.05, 0.1) is 6.10 Å². The minimum absolute atomic E-state index is 0.311. The molecular formula is C11H16BrNO. The highest BCUT2D eigenvalue weighted by Crippen LogP contribution is 2.17. The maximum absolute atomic E-state index is 9.67. The van der Waals surface area contributed by atoms with Crippen LogP contribution in [-0.2, 0) is 6.42 Å². The van der Waals surface area contributed by atoms with Crippen molar-refractivity contribution in [3.8, 4) is 0 Å². The molecule has 0 amide bonds. The number of hydrogen-bond acceptors (Lipinski definition) is 2. The minimum atomic E-state index is -0.311. The van der Waals surface area contributed by atoms with Crippen molar-refractivity contribution in [3.05, 3.63) is 34.3 Å². The molecule has 0 heterocycles. The molecule has 2 nitrogen and oxygen atoms in total. The van der Waals surface area contributed by atoms with Gasteiger partial charge in [0.1, 0.15) is 0 Å². The Morgan fingerprint density at radius 2 is 2.14 bits per heavy atom. The van der Waals surface area contributed by atoms with Crippen LogP contribution in [0, 0.1) is 0 Å². The number of likely N-dealkylation sites (N-methyl/N-ethyl adjacent to an activating group) is 1. The zero-order valence-electron chi connectivity index (χ0n) is 8.33. The molecule has 0 aliphatic rings. The highest BCUT2D eigenvalue weighted by molar-refractivity contribution is 9.10. The number of nitrogens with one attached hydrogen (secondary N) is 1. The van der Waals surface area contributed by atoms with E-state index in [9.17, 15) is 5.11 Å². The van der Waals surface area contributed by atoms with Crippen molar-refractivity contribution >= 4 is 15.9 Å². The molecule has 0 aliphatic heterocycles. The van der Waals surface area contributed by atoms with Gasteiger partial charge in [-0.05, 0) is 18.2 Å². The zero-order valence-corrected chi connectivity index (χ0v) is 9.92. The minimum Gasteiger partial charge on any atom is -0.391 e. The van der Waals surface area contributed by atoms with Gasteiger partial charge in [0, 0.05) is 17.4 Å². The van der Waals surface area contributed by atoms with Gasteiger partial charge in [-0.3, -0.25) is 0 Å². The Morgan fingerprint density at radius 3 is 2.79 bits per heavy atom. The van der Waals surface area contributed by atoms with Gasteiger partial charge in [-0.2, -0.15) is 0 Å². The third-order valence-electron chi connectivity index (χ3n) is 2.04. The lowest BCUT2D eigenvalue weighted by atomic mass is 10.1. The molecule has 2 N–H and O–H groups in total. The van der Waals surface area contributed by atoms with E-state index in [0.29, 0.717) is 13.0 Å². The molecule has 3 heteroatoms. The Morgan fingerprint density at radius 1 is 1.43 bits per heavy atom. The van der Waals surface area contributed by atoms with Crippen LogP contribution in [-0.4, -0.2) is 24.3 Å². The maximum Gasteiger partial charge on any atom is 0.0705 e. The third-order valence-corrected chi connectivity index (χ3v) is 2.82. The third kappa shape index (κ3) is 3.78. The number of aliphatic hydroxyl groups is 1. The van der Waals surface area contributed by atoms with Crippen molar-refractivity contribution in [2.24, 2.45) is 0 Å². The first-order chi connectivity index (χ1) is 6.74. The summed E-state index contributed by atoms with van der Waals surface area (Å²) in [5, 5.41) is 12.8. The lowest BCUT2D eigenvalue weighted by Gasteiger charge is -2.11. The molecule has 78 valence electrons. The second-order valence-corrected chi connectivity index (χ2v) is 4.11. The van der Waals surface area contributed by atoms with Crippen LogP contribution in [0.4, 0.5) is 0 Å². The van der Waals surface area contributed by atoms with Crippen molar-refractivity contribution in [1.82, 2.24) is 5.32 Å². The number of halogens is 1. The quantitative estimate of drug-likeness (QED) is 0.846. The number of benzene rings is 1. The molecule has 1 aromatic carbocycles. The van der Waals surface area contributed by atoms with Crippen molar-refractivity contribution in [2.45, 2.75) is 19.4 Å². The van der Waals surface area contributed by atoms with Gasteiger partial charge in [-0.1, -0.05) is 41.1 Å². The van der Waals surface area contributed by atoms with Crippen molar-refractivity contribution in [3.63, 3.8) is 0 Å². The predicted octanol–water partition coefficient (Wildman–Crippen LogP) is 1.96. The van der Waals surface area contributed by atoms with Gasteiger partial charge >= 0.3 is 0 Å². The van der Waals surface area contributed by atoms with Crippen LogP contribution in [0.5, 0.6) is 0 Å². The Hall–Kier alpha value is -0.380. The Kier molecular flexibility index (Phi) is 5.15. The molecule has 14 heavy (non-hydrogen) atoms. The molecule has 0 aliphatic carbocycles. The van der Waals surface area contributed by atoms with E-state index in [2.05, 4.69) is 21.2 Å². The van der Waals surface area contributed by atoms with Gasteiger partial charge in [-0.25, -0.2) is 0 Å². The molecule has 1 atom stereocenters. The van der Waals surface area contributed by atoms with E-state index in [1.807, 2.05) is 31.2 Å². The number of rotatable bonds is 5.